The molecule has 0 amide bonds. The third-order valence-corrected chi connectivity index (χ3v) is 3.69. The molecule has 1 atom stereocenters. The van der Waals surface area contributed by atoms with Crippen LogP contribution in [-0.4, -0.2) is 23.2 Å². The molecular weight excluding hydrogens is 104 g/mol. The summed E-state index contributed by atoms with van der Waals surface area (Å²) in [6, 6.07) is 0. The van der Waals surface area contributed by atoms with Crippen LogP contribution in [-0.2, 0) is 0 Å². The van der Waals surface area contributed by atoms with Crippen LogP contribution in [0.1, 0.15) is 13.8 Å². The molecule has 0 aliphatic rings. The molecule has 7 heavy (non-hydrogen) atoms. The van der Waals surface area contributed by atoms with Gasteiger partial charge in [0.2, 0.25) is 0 Å². The van der Waals surface area contributed by atoms with E-state index in [0.717, 1.165) is 0 Å². The van der Waals surface area contributed by atoms with Crippen molar-refractivity contribution < 1.29 is 0 Å². The van der Waals surface area contributed by atoms with Gasteiger partial charge in [0.1, 0.15) is 0 Å². The quantitative estimate of drug-likeness (QED) is 0.460. The van der Waals surface area contributed by atoms with Gasteiger partial charge in [-0.1, -0.05) is 18.2 Å². The minimum Gasteiger partial charge on any atom is -0.215 e. The molecule has 0 rings (SSSR count). The molecule has 1 heteroatoms. The smallest absolute Gasteiger partial charge is 0.0198 e. The molecule has 0 aliphatic heterocycles. The maximum Gasteiger partial charge on any atom is -0.0198 e. The molecule has 0 aromatic heterocycles. The van der Waals surface area contributed by atoms with Crippen molar-refractivity contribution >= 4 is 20.4 Å². The van der Waals surface area contributed by atoms with Gasteiger partial charge in [-0.15, -0.1) is 0 Å². The van der Waals surface area contributed by atoms with Crippen LogP contribution < -0.4 is 0 Å². The molecular formula is C6H14S. The Labute approximate surface area is 47.0 Å². The highest BCUT2D eigenvalue weighted by atomic mass is 32.2. The highest BCUT2D eigenvalue weighted by Crippen LogP contribution is 2.11. The van der Waals surface area contributed by atoms with Crippen molar-refractivity contribution in [1.82, 2.24) is 0 Å². The molecule has 0 heterocycles. The van der Waals surface area contributed by atoms with Gasteiger partial charge in [0.25, 0.3) is 0 Å². The predicted octanol–water partition coefficient (Wildman–Crippen LogP) is 1.69. The Morgan fingerprint density at radius 1 is 1.71 bits per heavy atom. The van der Waals surface area contributed by atoms with Crippen LogP contribution >= 0.6 is 9.21 Å². The summed E-state index contributed by atoms with van der Waals surface area (Å²) in [6.45, 7) is 4.27. The molecule has 0 aromatic carbocycles. The van der Waals surface area contributed by atoms with E-state index in [0.29, 0.717) is 0 Å². The first-order chi connectivity index (χ1) is 3.12. The van der Waals surface area contributed by atoms with Crippen molar-refractivity contribution in [3.63, 3.8) is 0 Å². The van der Waals surface area contributed by atoms with Crippen LogP contribution in [0.5, 0.6) is 0 Å². The predicted molar refractivity (Wildman–Crippen MR) is 42.9 cm³/mol. The minimum atomic E-state index is -0.532. The Bertz CT molecular complexity index is 136. The van der Waals surface area contributed by atoms with Crippen LogP contribution in [0.15, 0.2) is 0 Å². The number of hydrogen-bond donors (Lipinski definition) is 0. The van der Waals surface area contributed by atoms with E-state index in [2.05, 4.69) is 31.3 Å². The van der Waals surface area contributed by atoms with Gasteiger partial charge in [0, 0.05) is 0 Å². The highest BCUT2D eigenvalue weighted by Gasteiger charge is 1.79. The molecule has 0 aliphatic carbocycles. The van der Waals surface area contributed by atoms with Gasteiger partial charge in [0.05, 0.1) is 0 Å². The summed E-state index contributed by atoms with van der Waals surface area (Å²) < 4.78 is 0. The summed E-state index contributed by atoms with van der Waals surface area (Å²) in [7, 11) is -0.532. The van der Waals surface area contributed by atoms with Crippen molar-refractivity contribution in [2.24, 2.45) is 0 Å². The Kier molecular flexibility index (Phi) is 2.44. The Morgan fingerprint density at radius 2 is 2.14 bits per heavy atom. The van der Waals surface area contributed by atoms with E-state index in [-0.39, 0.29) is 0 Å². The maximum absolute atomic E-state index is 4.03. The Balaban J connectivity index is 4.17. The van der Waals surface area contributed by atoms with Crippen LogP contribution in [0.2, 0.25) is 0 Å². The van der Waals surface area contributed by atoms with E-state index in [1.807, 2.05) is 0 Å². The summed E-state index contributed by atoms with van der Waals surface area (Å²) >= 11 is 0. The van der Waals surface area contributed by atoms with Gasteiger partial charge in [-0.25, -0.2) is 9.21 Å². The zero-order valence-corrected chi connectivity index (χ0v) is 6.22. The first-order valence-electron chi connectivity index (χ1n) is 2.51. The van der Waals surface area contributed by atoms with Crippen molar-refractivity contribution in [1.29, 1.82) is 0 Å². The van der Waals surface area contributed by atoms with Gasteiger partial charge in [-0.2, -0.15) is 0 Å². The monoisotopic (exact) mass is 118 g/mol. The van der Waals surface area contributed by atoms with E-state index in [1.165, 1.54) is 5.75 Å². The average Bonchev–Trinajstić information content (AvgIpc) is 1.68. The van der Waals surface area contributed by atoms with E-state index in [1.54, 1.807) is 0 Å². The lowest BCUT2D eigenvalue weighted by atomic mass is 11.0. The van der Waals surface area contributed by atoms with E-state index < -0.39 is 9.21 Å². The molecule has 0 saturated heterocycles. The van der Waals surface area contributed by atoms with Gasteiger partial charge >= 0.3 is 0 Å². The third-order valence-electron chi connectivity index (χ3n) is 1.23. The normalized spacial score (nSPS) is 18.1. The summed E-state index contributed by atoms with van der Waals surface area (Å²) in [5.74, 6) is 5.25. The third kappa shape index (κ3) is 2.75. The molecule has 0 N–H and O–H groups in total. The summed E-state index contributed by atoms with van der Waals surface area (Å²) in [5.41, 5.74) is 0. The Morgan fingerprint density at radius 3 is 2.14 bits per heavy atom. The number of rotatable bonds is 1. The first-order valence-corrected chi connectivity index (χ1v) is 4.95. The summed E-state index contributed by atoms with van der Waals surface area (Å²) in [4.78, 5) is 0. The molecule has 1 unspecified atom stereocenters. The maximum atomic E-state index is 4.03. The lowest BCUT2D eigenvalue weighted by Gasteiger charge is -2.01. The van der Waals surface area contributed by atoms with Crippen LogP contribution in [0.25, 0.3) is 0 Å². The van der Waals surface area contributed by atoms with Crippen molar-refractivity contribution in [2.75, 3.05) is 12.0 Å². The van der Waals surface area contributed by atoms with Crippen molar-refractivity contribution in [3.05, 3.63) is 0 Å². The topological polar surface area (TPSA) is 0 Å². The fourth-order valence-corrected chi connectivity index (χ4v) is 0.500. The second-order valence-electron chi connectivity index (χ2n) is 1.87. The molecule has 0 radical (unpaired) electrons. The highest BCUT2D eigenvalue weighted by molar-refractivity contribution is 8.27. The molecule has 44 valence electrons. The van der Waals surface area contributed by atoms with Crippen LogP contribution in [0.4, 0.5) is 0 Å². The summed E-state index contributed by atoms with van der Waals surface area (Å²) in [6.07, 6.45) is 2.22. The fraction of sp³-hybridized carbons (Fsp3) is 0.667. The minimum absolute atomic E-state index is 0.532. The zero-order chi connectivity index (χ0) is 5.91. The standard InChI is InChI=1S/C6H14S/c1-5-7(3,4)6-2/h5H,3,6H2,1-2,4H3. The van der Waals surface area contributed by atoms with Crippen molar-refractivity contribution in [2.45, 2.75) is 13.8 Å². The molecule has 0 saturated carbocycles. The molecule has 0 bridgehead atoms. The molecule has 0 aromatic rings. The lowest BCUT2D eigenvalue weighted by molar-refractivity contribution is 1.53. The van der Waals surface area contributed by atoms with Gasteiger partial charge in [-0.3, -0.25) is 0 Å². The number of hydrogen-bond acceptors (Lipinski definition) is 0. The van der Waals surface area contributed by atoms with Gasteiger partial charge < -0.3 is 0 Å². The lowest BCUT2D eigenvalue weighted by Crippen LogP contribution is -1.78. The first kappa shape index (κ1) is 7.09. The van der Waals surface area contributed by atoms with Gasteiger partial charge in [0.15, 0.2) is 0 Å². The van der Waals surface area contributed by atoms with E-state index in [9.17, 15) is 0 Å². The largest absolute Gasteiger partial charge is 0.215 e. The fourth-order valence-electron chi connectivity index (χ4n) is 0.167. The van der Waals surface area contributed by atoms with Gasteiger partial charge in [-0.05, 0) is 18.9 Å². The molecule has 0 nitrogen and oxygen atoms in total. The molecule has 0 spiro atoms. The second kappa shape index (κ2) is 2.41. The zero-order valence-electron chi connectivity index (χ0n) is 5.40. The average molecular weight is 118 g/mol. The van der Waals surface area contributed by atoms with Crippen molar-refractivity contribution in [3.8, 4) is 0 Å². The van der Waals surface area contributed by atoms with Crippen LogP contribution in [0, 0.1) is 0 Å². The summed E-state index contributed by atoms with van der Waals surface area (Å²) in [5, 5.41) is 2.22. The SMILES string of the molecule is C=S(C)(=CC)CC. The van der Waals surface area contributed by atoms with E-state index >= 15 is 0 Å². The second-order valence-corrected chi connectivity index (χ2v) is 5.62. The van der Waals surface area contributed by atoms with Crippen LogP contribution in [0.3, 0.4) is 0 Å². The molecule has 0 fully saturated rings. The Hall–Kier alpha value is 0.0900. The van der Waals surface area contributed by atoms with E-state index in [4.69, 9.17) is 0 Å².